The molecule has 2 aromatic carbocycles. The largest absolute Gasteiger partial charge is 0.488 e. The molecule has 7 nitrogen and oxygen atoms in total. The van der Waals surface area contributed by atoms with Gasteiger partial charge in [-0.2, -0.15) is 0 Å². The molecule has 1 amide bonds. The Balaban J connectivity index is 1.26. The molecule has 1 aromatic heterocycles. The van der Waals surface area contributed by atoms with Gasteiger partial charge in [-0.25, -0.2) is 9.78 Å². The Labute approximate surface area is 215 Å². The van der Waals surface area contributed by atoms with E-state index in [1.807, 2.05) is 51.2 Å². The lowest BCUT2D eigenvalue weighted by atomic mass is 9.90. The molecule has 0 spiro atoms. The van der Waals surface area contributed by atoms with E-state index in [4.69, 9.17) is 25.8 Å². The molecule has 6 rings (SSSR count). The van der Waals surface area contributed by atoms with Gasteiger partial charge in [-0.3, -0.25) is 4.90 Å². The van der Waals surface area contributed by atoms with E-state index in [-0.39, 0.29) is 12.1 Å². The summed E-state index contributed by atoms with van der Waals surface area (Å²) in [5.41, 5.74) is 5.67. The lowest BCUT2D eigenvalue weighted by Crippen LogP contribution is -2.36. The predicted molar refractivity (Wildman–Crippen MR) is 138 cm³/mol. The number of carbonyl (C=O) groups excluding carboxylic acids is 1. The zero-order chi connectivity index (χ0) is 25.0. The van der Waals surface area contributed by atoms with E-state index in [0.717, 1.165) is 63.7 Å². The molecule has 1 saturated heterocycles. The maximum Gasteiger partial charge on any atom is 0.410 e. The highest BCUT2D eigenvalue weighted by Gasteiger charge is 2.35. The van der Waals surface area contributed by atoms with Crippen molar-refractivity contribution in [2.45, 2.75) is 45.3 Å². The second kappa shape index (κ2) is 8.59. The molecule has 1 atom stereocenters. The fourth-order valence-electron chi connectivity index (χ4n) is 5.12. The summed E-state index contributed by atoms with van der Waals surface area (Å²) >= 11 is 6.14. The second-order valence-corrected chi connectivity index (χ2v) is 10.8. The SMILES string of the molecule is CC(C)(C)OC(=O)N1CCCC1c1ncc(-c2ccc3c(c2)OCC2=C3COc3cc(Cl)ccc32)[nH]1. The van der Waals surface area contributed by atoms with Crippen molar-refractivity contribution in [3.63, 3.8) is 0 Å². The molecule has 0 bridgehead atoms. The third-order valence-electron chi connectivity index (χ3n) is 6.79. The number of likely N-dealkylation sites (tertiary alicyclic amines) is 1. The molecule has 0 radical (unpaired) electrons. The number of aromatic amines is 1. The quantitative estimate of drug-likeness (QED) is 0.430. The van der Waals surface area contributed by atoms with E-state index >= 15 is 0 Å². The van der Waals surface area contributed by atoms with Gasteiger partial charge in [0.25, 0.3) is 0 Å². The number of rotatable bonds is 2. The first-order valence-electron chi connectivity index (χ1n) is 12.2. The lowest BCUT2D eigenvalue weighted by molar-refractivity contribution is 0.0218. The summed E-state index contributed by atoms with van der Waals surface area (Å²) in [6.07, 6.45) is 3.29. The molecular weight excluding hydrogens is 478 g/mol. The first-order valence-corrected chi connectivity index (χ1v) is 12.6. The summed E-state index contributed by atoms with van der Waals surface area (Å²) in [5, 5.41) is 0.658. The molecular formula is C28H28ClN3O4. The van der Waals surface area contributed by atoms with Crippen LogP contribution in [0.2, 0.25) is 5.02 Å². The summed E-state index contributed by atoms with van der Waals surface area (Å²) in [4.78, 5) is 22.5. The maximum absolute atomic E-state index is 12.7. The van der Waals surface area contributed by atoms with Crippen molar-refractivity contribution in [2.75, 3.05) is 19.8 Å². The van der Waals surface area contributed by atoms with Crippen LogP contribution in [0.15, 0.2) is 42.6 Å². The fourth-order valence-corrected chi connectivity index (χ4v) is 5.28. The monoisotopic (exact) mass is 505 g/mol. The van der Waals surface area contributed by atoms with Crippen LogP contribution in [-0.4, -0.2) is 46.3 Å². The van der Waals surface area contributed by atoms with Gasteiger partial charge in [0, 0.05) is 39.4 Å². The Hall–Kier alpha value is -3.45. The Morgan fingerprint density at radius 1 is 1.08 bits per heavy atom. The van der Waals surface area contributed by atoms with Crippen molar-refractivity contribution < 1.29 is 19.0 Å². The summed E-state index contributed by atoms with van der Waals surface area (Å²) < 4.78 is 17.8. The smallest absolute Gasteiger partial charge is 0.410 e. The number of H-pyrrole nitrogens is 1. The minimum atomic E-state index is -0.532. The summed E-state index contributed by atoms with van der Waals surface area (Å²) in [5.74, 6) is 2.38. The van der Waals surface area contributed by atoms with Crippen molar-refractivity contribution in [3.8, 4) is 22.8 Å². The van der Waals surface area contributed by atoms with Crippen molar-refractivity contribution in [2.24, 2.45) is 0 Å². The zero-order valence-corrected chi connectivity index (χ0v) is 21.3. The van der Waals surface area contributed by atoms with Gasteiger partial charge >= 0.3 is 6.09 Å². The van der Waals surface area contributed by atoms with Crippen LogP contribution in [0, 0.1) is 0 Å². The number of aromatic nitrogens is 2. The molecule has 0 aliphatic carbocycles. The average molecular weight is 506 g/mol. The molecule has 1 fully saturated rings. The van der Waals surface area contributed by atoms with Gasteiger partial charge in [0.1, 0.15) is 36.1 Å². The van der Waals surface area contributed by atoms with Crippen molar-refractivity contribution in [1.29, 1.82) is 0 Å². The Morgan fingerprint density at radius 3 is 2.50 bits per heavy atom. The molecule has 3 aliphatic rings. The number of carbonyl (C=O) groups is 1. The minimum Gasteiger partial charge on any atom is -0.488 e. The number of benzene rings is 2. The van der Waals surface area contributed by atoms with Crippen molar-refractivity contribution in [1.82, 2.24) is 14.9 Å². The van der Waals surface area contributed by atoms with Crippen LogP contribution < -0.4 is 9.47 Å². The molecule has 0 saturated carbocycles. The van der Waals surface area contributed by atoms with Crippen LogP contribution in [0.3, 0.4) is 0 Å². The number of hydrogen-bond acceptors (Lipinski definition) is 5. The van der Waals surface area contributed by atoms with Gasteiger partial charge in [0.2, 0.25) is 0 Å². The number of amides is 1. The van der Waals surface area contributed by atoms with Crippen molar-refractivity contribution in [3.05, 3.63) is 64.6 Å². The third kappa shape index (κ3) is 4.11. The summed E-state index contributed by atoms with van der Waals surface area (Å²) in [7, 11) is 0. The number of ether oxygens (including phenoxy) is 3. The van der Waals surface area contributed by atoms with Crippen molar-refractivity contribution >= 4 is 28.8 Å². The third-order valence-corrected chi connectivity index (χ3v) is 7.02. The average Bonchev–Trinajstić information content (AvgIpc) is 3.52. The van der Waals surface area contributed by atoms with Gasteiger partial charge in [-0.1, -0.05) is 23.7 Å². The standard InChI is InChI=1S/C28H28ClN3O4/c1-28(2,3)36-27(33)32-10-4-5-23(32)26-30-13-22(31-26)16-6-8-18-20-15-35-25-12-17(29)7-9-19(25)21(20)14-34-24(18)11-16/h6-9,11-13,23H,4-5,10,14-15H2,1-3H3,(H,30,31). The van der Waals surface area contributed by atoms with Gasteiger partial charge < -0.3 is 19.2 Å². The topological polar surface area (TPSA) is 76.7 Å². The predicted octanol–water partition coefficient (Wildman–Crippen LogP) is 6.50. The number of imidazole rings is 1. The number of nitrogens with one attached hydrogen (secondary N) is 1. The fraction of sp³-hybridized carbons (Fsp3) is 0.357. The van der Waals surface area contributed by atoms with Crippen LogP contribution in [0.25, 0.3) is 22.4 Å². The number of fused-ring (bicyclic) bond motifs is 4. The van der Waals surface area contributed by atoms with E-state index in [9.17, 15) is 4.79 Å². The van der Waals surface area contributed by atoms with Crippen LogP contribution in [-0.2, 0) is 4.74 Å². The Morgan fingerprint density at radius 2 is 1.78 bits per heavy atom. The number of halogens is 1. The first-order chi connectivity index (χ1) is 17.3. The van der Waals surface area contributed by atoms with Gasteiger partial charge in [-0.05, 0) is 57.9 Å². The lowest BCUT2D eigenvalue weighted by Gasteiger charge is -2.29. The van der Waals surface area contributed by atoms with Crippen LogP contribution >= 0.6 is 11.6 Å². The molecule has 8 heteroatoms. The van der Waals surface area contributed by atoms with E-state index in [2.05, 4.69) is 22.1 Å². The summed E-state index contributed by atoms with van der Waals surface area (Å²) in [6.45, 7) is 7.26. The summed E-state index contributed by atoms with van der Waals surface area (Å²) in [6, 6.07) is 11.8. The van der Waals surface area contributed by atoms with Gasteiger partial charge in [0.05, 0.1) is 17.9 Å². The number of hydrogen-bond donors (Lipinski definition) is 1. The molecule has 3 aromatic rings. The number of nitrogens with zero attached hydrogens (tertiary/aromatic N) is 2. The van der Waals surface area contributed by atoms with Crippen LogP contribution in [0.1, 0.15) is 56.6 Å². The van der Waals surface area contributed by atoms with Crippen LogP contribution in [0.5, 0.6) is 11.5 Å². The molecule has 3 aliphatic heterocycles. The zero-order valence-electron chi connectivity index (χ0n) is 20.6. The highest BCUT2D eigenvalue weighted by molar-refractivity contribution is 6.30. The van der Waals surface area contributed by atoms with E-state index in [0.29, 0.717) is 24.8 Å². The maximum atomic E-state index is 12.7. The molecule has 186 valence electrons. The van der Waals surface area contributed by atoms with Gasteiger partial charge in [-0.15, -0.1) is 0 Å². The van der Waals surface area contributed by atoms with E-state index in [1.165, 1.54) is 0 Å². The molecule has 36 heavy (non-hydrogen) atoms. The molecule has 1 unspecified atom stereocenters. The van der Waals surface area contributed by atoms with Gasteiger partial charge in [0.15, 0.2) is 0 Å². The molecule has 4 heterocycles. The highest BCUT2D eigenvalue weighted by atomic mass is 35.5. The Bertz CT molecular complexity index is 1390. The Kier molecular flexibility index (Phi) is 5.48. The second-order valence-electron chi connectivity index (χ2n) is 10.4. The van der Waals surface area contributed by atoms with E-state index in [1.54, 1.807) is 4.90 Å². The van der Waals surface area contributed by atoms with E-state index < -0.39 is 5.60 Å². The molecule has 1 N–H and O–H groups in total. The normalized spacial score (nSPS) is 18.7. The highest BCUT2D eigenvalue weighted by Crippen LogP contribution is 2.44. The first kappa shape index (κ1) is 23.0. The van der Waals surface area contributed by atoms with Crippen LogP contribution in [0.4, 0.5) is 4.79 Å². The minimum absolute atomic E-state index is 0.122.